The fourth-order valence-electron chi connectivity index (χ4n) is 2.13. The molecular weight excluding hydrogens is 258 g/mol. The van der Waals surface area contributed by atoms with Gasteiger partial charge in [-0.2, -0.15) is 0 Å². The highest BCUT2D eigenvalue weighted by atomic mass is 32.1. The summed E-state index contributed by atoms with van der Waals surface area (Å²) >= 11 is 1.86. The Labute approximate surface area is 120 Å². The van der Waals surface area contributed by atoms with E-state index >= 15 is 0 Å². The lowest BCUT2D eigenvalue weighted by Gasteiger charge is -2.25. The number of nitrogens with zero attached hydrogens (tertiary/aromatic N) is 2. The highest BCUT2D eigenvalue weighted by molar-refractivity contribution is 7.11. The van der Waals surface area contributed by atoms with Gasteiger partial charge in [-0.05, 0) is 6.92 Å². The van der Waals surface area contributed by atoms with E-state index in [1.54, 1.807) is 0 Å². The Kier molecular flexibility index (Phi) is 5.76. The van der Waals surface area contributed by atoms with Crippen molar-refractivity contribution in [3.63, 3.8) is 0 Å². The van der Waals surface area contributed by atoms with Gasteiger partial charge in [0.25, 0.3) is 0 Å². The van der Waals surface area contributed by atoms with Crippen LogP contribution in [-0.2, 0) is 17.7 Å². The number of aryl methyl sites for hydroxylation is 1. The molecule has 1 aliphatic rings. The van der Waals surface area contributed by atoms with Crippen molar-refractivity contribution in [3.8, 4) is 0 Å². The first-order valence-electron chi connectivity index (χ1n) is 7.14. The van der Waals surface area contributed by atoms with Gasteiger partial charge in [0.15, 0.2) is 0 Å². The van der Waals surface area contributed by atoms with Crippen LogP contribution in [0.3, 0.4) is 0 Å². The summed E-state index contributed by atoms with van der Waals surface area (Å²) in [6.07, 6.45) is 1.06. The van der Waals surface area contributed by atoms with Crippen molar-refractivity contribution in [3.05, 3.63) is 15.6 Å². The van der Waals surface area contributed by atoms with Crippen molar-refractivity contribution in [1.82, 2.24) is 15.2 Å². The molecule has 0 amide bonds. The lowest BCUT2D eigenvalue weighted by Crippen LogP contribution is -2.37. The lowest BCUT2D eigenvalue weighted by molar-refractivity contribution is 0.0384. The molecule has 4 nitrogen and oxygen atoms in total. The van der Waals surface area contributed by atoms with Crippen LogP contribution in [0.25, 0.3) is 0 Å². The minimum Gasteiger partial charge on any atom is -0.379 e. The Morgan fingerprint density at radius 1 is 1.37 bits per heavy atom. The van der Waals surface area contributed by atoms with Crippen LogP contribution < -0.4 is 5.32 Å². The average Bonchev–Trinajstić information content (AvgIpc) is 2.76. The van der Waals surface area contributed by atoms with Gasteiger partial charge in [0.1, 0.15) is 0 Å². The topological polar surface area (TPSA) is 37.4 Å². The second-order valence-corrected chi connectivity index (χ2v) is 6.52. The van der Waals surface area contributed by atoms with Crippen molar-refractivity contribution in [1.29, 1.82) is 0 Å². The molecule has 1 aliphatic heterocycles. The molecule has 0 radical (unpaired) electrons. The van der Waals surface area contributed by atoms with Crippen molar-refractivity contribution < 1.29 is 4.74 Å². The SMILES string of the molecule is Cc1nc(CCN2CCOCC2)sc1CNC(C)C. The van der Waals surface area contributed by atoms with E-state index in [2.05, 4.69) is 31.0 Å². The Hall–Kier alpha value is -0.490. The molecule has 2 rings (SSSR count). The fourth-order valence-corrected chi connectivity index (χ4v) is 3.14. The molecular formula is C14H25N3OS. The van der Waals surface area contributed by atoms with Crippen LogP contribution in [-0.4, -0.2) is 48.8 Å². The van der Waals surface area contributed by atoms with Gasteiger partial charge in [0.2, 0.25) is 0 Å². The summed E-state index contributed by atoms with van der Waals surface area (Å²) in [7, 11) is 0. The minimum absolute atomic E-state index is 0.526. The van der Waals surface area contributed by atoms with E-state index in [4.69, 9.17) is 9.72 Å². The summed E-state index contributed by atoms with van der Waals surface area (Å²) in [5.74, 6) is 0. The van der Waals surface area contributed by atoms with E-state index < -0.39 is 0 Å². The van der Waals surface area contributed by atoms with Gasteiger partial charge in [0.05, 0.1) is 23.9 Å². The van der Waals surface area contributed by atoms with Gasteiger partial charge in [-0.3, -0.25) is 4.90 Å². The monoisotopic (exact) mass is 283 g/mol. The van der Waals surface area contributed by atoms with Crippen molar-refractivity contribution >= 4 is 11.3 Å². The number of aromatic nitrogens is 1. The summed E-state index contributed by atoms with van der Waals surface area (Å²) in [4.78, 5) is 8.54. The van der Waals surface area contributed by atoms with Crippen LogP contribution >= 0.6 is 11.3 Å². The molecule has 0 aliphatic carbocycles. The second-order valence-electron chi connectivity index (χ2n) is 5.36. The standard InChI is InChI=1S/C14H25N3OS/c1-11(2)15-10-13-12(3)16-14(19-13)4-5-17-6-8-18-9-7-17/h11,15H,4-10H2,1-3H3. The van der Waals surface area contributed by atoms with E-state index in [1.165, 1.54) is 15.6 Å². The maximum atomic E-state index is 5.37. The molecule has 0 spiro atoms. The van der Waals surface area contributed by atoms with E-state index in [-0.39, 0.29) is 0 Å². The van der Waals surface area contributed by atoms with Gasteiger partial charge in [-0.1, -0.05) is 13.8 Å². The predicted octanol–water partition coefficient (Wildman–Crippen LogP) is 1.82. The lowest BCUT2D eigenvalue weighted by atomic mass is 10.3. The quantitative estimate of drug-likeness (QED) is 0.864. The molecule has 5 heteroatoms. The number of ether oxygens (including phenoxy) is 1. The maximum absolute atomic E-state index is 5.37. The van der Waals surface area contributed by atoms with Crippen LogP contribution in [0.15, 0.2) is 0 Å². The Morgan fingerprint density at radius 3 is 2.79 bits per heavy atom. The van der Waals surface area contributed by atoms with Gasteiger partial charge >= 0.3 is 0 Å². The molecule has 1 fully saturated rings. The van der Waals surface area contributed by atoms with E-state index in [1.807, 2.05) is 11.3 Å². The average molecular weight is 283 g/mol. The third kappa shape index (κ3) is 4.84. The molecule has 1 saturated heterocycles. The minimum atomic E-state index is 0.526. The molecule has 0 unspecified atom stereocenters. The largest absolute Gasteiger partial charge is 0.379 e. The van der Waals surface area contributed by atoms with Gasteiger partial charge in [-0.25, -0.2) is 4.98 Å². The van der Waals surface area contributed by atoms with E-state index in [9.17, 15) is 0 Å². The van der Waals surface area contributed by atoms with Gasteiger partial charge in [0, 0.05) is 43.5 Å². The number of morpholine rings is 1. The van der Waals surface area contributed by atoms with Crippen LogP contribution in [0.4, 0.5) is 0 Å². The van der Waals surface area contributed by atoms with Crippen molar-refractivity contribution in [2.45, 2.75) is 39.8 Å². The molecule has 2 heterocycles. The first-order chi connectivity index (χ1) is 9.15. The van der Waals surface area contributed by atoms with Crippen LogP contribution in [0.2, 0.25) is 0 Å². The Balaban J connectivity index is 1.81. The van der Waals surface area contributed by atoms with Crippen molar-refractivity contribution in [2.24, 2.45) is 0 Å². The molecule has 0 atom stereocenters. The zero-order chi connectivity index (χ0) is 13.7. The molecule has 1 N–H and O–H groups in total. The zero-order valence-electron chi connectivity index (χ0n) is 12.2. The molecule has 0 saturated carbocycles. The zero-order valence-corrected chi connectivity index (χ0v) is 13.1. The van der Waals surface area contributed by atoms with Crippen molar-refractivity contribution in [2.75, 3.05) is 32.8 Å². The summed E-state index contributed by atoms with van der Waals surface area (Å²) in [6.45, 7) is 12.4. The van der Waals surface area contributed by atoms with E-state index in [0.717, 1.165) is 45.8 Å². The van der Waals surface area contributed by atoms with Gasteiger partial charge < -0.3 is 10.1 Å². The molecule has 0 aromatic carbocycles. The van der Waals surface area contributed by atoms with Crippen LogP contribution in [0.5, 0.6) is 0 Å². The third-order valence-electron chi connectivity index (χ3n) is 3.35. The molecule has 1 aromatic heterocycles. The molecule has 0 bridgehead atoms. The van der Waals surface area contributed by atoms with Crippen LogP contribution in [0, 0.1) is 6.92 Å². The number of thiazole rings is 1. The summed E-state index contributed by atoms with van der Waals surface area (Å²) in [5, 5.41) is 4.73. The normalized spacial score (nSPS) is 17.3. The number of hydrogen-bond acceptors (Lipinski definition) is 5. The predicted molar refractivity (Wildman–Crippen MR) is 79.8 cm³/mol. The fraction of sp³-hybridized carbons (Fsp3) is 0.786. The smallest absolute Gasteiger partial charge is 0.0944 e. The highest BCUT2D eigenvalue weighted by Crippen LogP contribution is 2.19. The number of hydrogen-bond donors (Lipinski definition) is 1. The highest BCUT2D eigenvalue weighted by Gasteiger charge is 2.12. The number of nitrogens with one attached hydrogen (secondary N) is 1. The third-order valence-corrected chi connectivity index (χ3v) is 4.57. The van der Waals surface area contributed by atoms with Crippen LogP contribution in [0.1, 0.15) is 29.4 Å². The second kappa shape index (κ2) is 7.33. The molecule has 108 valence electrons. The Morgan fingerprint density at radius 2 is 2.11 bits per heavy atom. The van der Waals surface area contributed by atoms with Gasteiger partial charge in [-0.15, -0.1) is 11.3 Å². The molecule has 19 heavy (non-hydrogen) atoms. The summed E-state index contributed by atoms with van der Waals surface area (Å²) in [5.41, 5.74) is 1.19. The first-order valence-corrected chi connectivity index (χ1v) is 7.95. The summed E-state index contributed by atoms with van der Waals surface area (Å²) < 4.78 is 5.37. The molecule has 1 aromatic rings. The van der Waals surface area contributed by atoms with E-state index in [0.29, 0.717) is 6.04 Å². The first kappa shape index (κ1) is 14.9. The Bertz CT molecular complexity index is 386. The number of rotatable bonds is 6. The maximum Gasteiger partial charge on any atom is 0.0944 e. The summed E-state index contributed by atoms with van der Waals surface area (Å²) in [6, 6.07) is 0.526.